The van der Waals surface area contributed by atoms with Gasteiger partial charge >= 0.3 is 5.97 Å². The molecule has 0 amide bonds. The van der Waals surface area contributed by atoms with Gasteiger partial charge in [-0.25, -0.2) is 4.79 Å². The molecule has 1 N–H and O–H groups in total. The Balaban J connectivity index is 1.99. The van der Waals surface area contributed by atoms with Gasteiger partial charge in [0.05, 0.1) is 7.11 Å². The van der Waals surface area contributed by atoms with Gasteiger partial charge in [0.25, 0.3) is 0 Å². The molecule has 3 aromatic carbocycles. The third-order valence-electron chi connectivity index (χ3n) is 4.36. The van der Waals surface area contributed by atoms with Gasteiger partial charge < -0.3 is 9.72 Å². The Hall–Kier alpha value is -3.33. The Morgan fingerprint density at radius 2 is 1.44 bits per heavy atom. The van der Waals surface area contributed by atoms with E-state index in [-0.39, 0.29) is 5.97 Å². The van der Waals surface area contributed by atoms with E-state index in [1.54, 1.807) is 0 Å². The van der Waals surface area contributed by atoms with Crippen molar-refractivity contribution in [3.8, 4) is 22.3 Å². The molecule has 0 aliphatic heterocycles. The number of ether oxygens (including phenoxy) is 1. The molecule has 1 heterocycles. The summed E-state index contributed by atoms with van der Waals surface area (Å²) in [6.07, 6.45) is 0. The molecule has 0 saturated heterocycles. The van der Waals surface area contributed by atoms with Crippen LogP contribution in [0.15, 0.2) is 78.9 Å². The zero-order valence-electron chi connectivity index (χ0n) is 13.8. The van der Waals surface area contributed by atoms with Gasteiger partial charge in [0.1, 0.15) is 5.69 Å². The number of carbonyl (C=O) groups is 1. The quantitative estimate of drug-likeness (QED) is 0.520. The normalized spacial score (nSPS) is 10.8. The van der Waals surface area contributed by atoms with Gasteiger partial charge in [0.15, 0.2) is 0 Å². The second kappa shape index (κ2) is 6.29. The van der Waals surface area contributed by atoms with E-state index in [4.69, 9.17) is 4.74 Å². The van der Waals surface area contributed by atoms with Crippen LogP contribution in [0.5, 0.6) is 0 Å². The van der Waals surface area contributed by atoms with Crippen LogP contribution in [0.3, 0.4) is 0 Å². The molecule has 0 spiro atoms. The van der Waals surface area contributed by atoms with E-state index in [1.165, 1.54) is 7.11 Å². The minimum Gasteiger partial charge on any atom is -0.464 e. The van der Waals surface area contributed by atoms with Crippen molar-refractivity contribution in [2.45, 2.75) is 0 Å². The molecule has 0 fully saturated rings. The zero-order valence-corrected chi connectivity index (χ0v) is 13.8. The average Bonchev–Trinajstić information content (AvgIpc) is 3.07. The summed E-state index contributed by atoms with van der Waals surface area (Å²) in [5, 5.41) is 1.01. The molecule has 1 aromatic heterocycles. The highest BCUT2D eigenvalue weighted by atomic mass is 16.5. The number of esters is 1. The van der Waals surface area contributed by atoms with E-state index in [1.807, 2.05) is 54.6 Å². The maximum absolute atomic E-state index is 12.3. The minimum absolute atomic E-state index is 0.365. The molecular weight excluding hydrogens is 310 g/mol. The lowest BCUT2D eigenvalue weighted by Crippen LogP contribution is -2.03. The largest absolute Gasteiger partial charge is 0.464 e. The van der Waals surface area contributed by atoms with E-state index >= 15 is 0 Å². The number of aromatic nitrogens is 1. The van der Waals surface area contributed by atoms with Gasteiger partial charge in [-0.3, -0.25) is 0 Å². The maximum Gasteiger partial charge on any atom is 0.355 e. The van der Waals surface area contributed by atoms with Gasteiger partial charge in [-0.05, 0) is 28.8 Å². The maximum atomic E-state index is 12.3. The average molecular weight is 327 g/mol. The van der Waals surface area contributed by atoms with E-state index in [2.05, 4.69) is 29.2 Å². The van der Waals surface area contributed by atoms with Crippen LogP contribution >= 0.6 is 0 Å². The first-order valence-corrected chi connectivity index (χ1v) is 8.13. The fourth-order valence-corrected chi connectivity index (χ4v) is 3.16. The van der Waals surface area contributed by atoms with E-state index in [9.17, 15) is 4.79 Å². The summed E-state index contributed by atoms with van der Waals surface area (Å²) in [6, 6.07) is 26.3. The Morgan fingerprint density at radius 1 is 0.800 bits per heavy atom. The molecular formula is C22H17NO2. The summed E-state index contributed by atoms with van der Waals surface area (Å²) in [7, 11) is 1.40. The summed E-state index contributed by atoms with van der Waals surface area (Å²) in [6.45, 7) is 0. The molecule has 0 bridgehead atoms. The predicted molar refractivity (Wildman–Crippen MR) is 101 cm³/mol. The molecule has 0 aliphatic rings. The number of methoxy groups -OCH3 is 1. The zero-order chi connectivity index (χ0) is 17.2. The first-order valence-electron chi connectivity index (χ1n) is 8.13. The van der Waals surface area contributed by atoms with Gasteiger partial charge in [-0.2, -0.15) is 0 Å². The predicted octanol–water partition coefficient (Wildman–Crippen LogP) is 5.29. The van der Waals surface area contributed by atoms with Crippen LogP contribution in [0.2, 0.25) is 0 Å². The topological polar surface area (TPSA) is 42.1 Å². The Kier molecular flexibility index (Phi) is 3.82. The molecule has 4 rings (SSSR count). The number of hydrogen-bond acceptors (Lipinski definition) is 2. The first-order chi connectivity index (χ1) is 12.3. The highest BCUT2D eigenvalue weighted by Crippen LogP contribution is 2.35. The van der Waals surface area contributed by atoms with Crippen molar-refractivity contribution in [3.63, 3.8) is 0 Å². The molecule has 0 aliphatic carbocycles. The number of rotatable bonds is 3. The number of nitrogens with one attached hydrogen (secondary N) is 1. The van der Waals surface area contributed by atoms with Gasteiger partial charge in [0, 0.05) is 16.5 Å². The van der Waals surface area contributed by atoms with E-state index in [0.717, 1.165) is 33.2 Å². The Morgan fingerprint density at radius 3 is 2.08 bits per heavy atom. The minimum atomic E-state index is -0.365. The third-order valence-corrected chi connectivity index (χ3v) is 4.36. The van der Waals surface area contributed by atoms with Crippen molar-refractivity contribution >= 4 is 16.9 Å². The second-order valence-corrected chi connectivity index (χ2v) is 5.86. The molecule has 122 valence electrons. The summed E-state index contributed by atoms with van der Waals surface area (Å²) in [5.41, 5.74) is 5.51. The lowest BCUT2D eigenvalue weighted by Gasteiger charge is -2.05. The molecule has 25 heavy (non-hydrogen) atoms. The number of fused-ring (bicyclic) bond motifs is 1. The van der Waals surface area contributed by atoms with Crippen LogP contribution < -0.4 is 0 Å². The van der Waals surface area contributed by atoms with Crippen LogP contribution in [0.4, 0.5) is 0 Å². The smallest absolute Gasteiger partial charge is 0.355 e. The van der Waals surface area contributed by atoms with Crippen LogP contribution in [0, 0.1) is 0 Å². The number of carbonyl (C=O) groups excluding carboxylic acids is 1. The number of H-pyrrole nitrogens is 1. The van der Waals surface area contributed by atoms with Gasteiger partial charge in [0.2, 0.25) is 0 Å². The van der Waals surface area contributed by atoms with E-state index < -0.39 is 0 Å². The van der Waals surface area contributed by atoms with Crippen LogP contribution in [0.1, 0.15) is 10.5 Å². The second-order valence-electron chi connectivity index (χ2n) is 5.86. The lowest BCUT2D eigenvalue weighted by atomic mass is 9.98. The van der Waals surface area contributed by atoms with Crippen molar-refractivity contribution in [1.82, 2.24) is 4.98 Å². The number of hydrogen-bond donors (Lipinski definition) is 1. The molecule has 0 atom stereocenters. The number of benzene rings is 3. The first kappa shape index (κ1) is 15.2. The van der Waals surface area contributed by atoms with Crippen molar-refractivity contribution in [1.29, 1.82) is 0 Å². The molecule has 0 saturated carbocycles. The van der Waals surface area contributed by atoms with Crippen LogP contribution in [0.25, 0.3) is 33.2 Å². The monoisotopic (exact) mass is 327 g/mol. The fourth-order valence-electron chi connectivity index (χ4n) is 3.16. The SMILES string of the molecule is COC(=O)c1[nH]c2ccc(-c3ccccc3)cc2c1-c1ccccc1. The van der Waals surface area contributed by atoms with Gasteiger partial charge in [-0.15, -0.1) is 0 Å². The molecule has 3 nitrogen and oxygen atoms in total. The summed E-state index contributed by atoms with van der Waals surface area (Å²) >= 11 is 0. The standard InChI is InChI=1S/C22H17NO2/c1-25-22(24)21-20(16-10-6-3-7-11-16)18-14-17(12-13-19(18)23-21)15-8-4-2-5-9-15/h2-14,23H,1H3. The lowest BCUT2D eigenvalue weighted by molar-refractivity contribution is 0.0596. The van der Waals surface area contributed by atoms with Gasteiger partial charge in [-0.1, -0.05) is 66.7 Å². The van der Waals surface area contributed by atoms with Crippen molar-refractivity contribution in [2.75, 3.05) is 7.11 Å². The summed E-state index contributed by atoms with van der Waals surface area (Å²) in [4.78, 5) is 15.5. The molecule has 4 aromatic rings. The summed E-state index contributed by atoms with van der Waals surface area (Å²) < 4.78 is 4.97. The Bertz CT molecular complexity index is 1030. The van der Waals surface area contributed by atoms with Crippen LogP contribution in [-0.2, 0) is 4.74 Å². The fraction of sp³-hybridized carbons (Fsp3) is 0.0455. The van der Waals surface area contributed by atoms with Crippen molar-refractivity contribution in [2.24, 2.45) is 0 Å². The molecule has 3 heteroatoms. The highest BCUT2D eigenvalue weighted by Gasteiger charge is 2.20. The molecule has 0 unspecified atom stereocenters. The van der Waals surface area contributed by atoms with Crippen molar-refractivity contribution in [3.05, 3.63) is 84.6 Å². The summed E-state index contributed by atoms with van der Waals surface area (Å²) in [5.74, 6) is -0.365. The van der Waals surface area contributed by atoms with Crippen LogP contribution in [-0.4, -0.2) is 18.1 Å². The highest BCUT2D eigenvalue weighted by molar-refractivity contribution is 6.08. The Labute approximate surface area is 145 Å². The third kappa shape index (κ3) is 2.70. The molecule has 0 radical (unpaired) electrons. The number of aromatic amines is 1. The van der Waals surface area contributed by atoms with Crippen molar-refractivity contribution < 1.29 is 9.53 Å². The van der Waals surface area contributed by atoms with E-state index in [0.29, 0.717) is 5.69 Å².